The van der Waals surface area contributed by atoms with Crippen LogP contribution in [0.1, 0.15) is 32.5 Å². The van der Waals surface area contributed by atoms with Crippen LogP contribution in [0.3, 0.4) is 0 Å². The molecule has 90 valence electrons. The van der Waals surface area contributed by atoms with E-state index in [2.05, 4.69) is 17.2 Å². The third-order valence-electron chi connectivity index (χ3n) is 2.30. The summed E-state index contributed by atoms with van der Waals surface area (Å²) < 4.78 is 18.0. The number of hydrogen-bond acceptors (Lipinski definition) is 3. The molecule has 1 N–H and O–H groups in total. The Hall–Kier alpha value is -1.00. The fourth-order valence-electron chi connectivity index (χ4n) is 1.50. The second kappa shape index (κ2) is 6.55. The molecule has 1 aromatic rings. The molecular formula is C12H19FN2O. The van der Waals surface area contributed by atoms with Crippen molar-refractivity contribution >= 4 is 0 Å². The Labute approximate surface area is 96.0 Å². The zero-order chi connectivity index (χ0) is 12.0. The fraction of sp³-hybridized carbons (Fsp3) is 0.583. The number of pyridine rings is 1. The lowest BCUT2D eigenvalue weighted by molar-refractivity contribution is 0.124. The van der Waals surface area contributed by atoms with E-state index in [-0.39, 0.29) is 17.9 Å². The first kappa shape index (κ1) is 13.1. The molecule has 0 aromatic carbocycles. The topological polar surface area (TPSA) is 34.1 Å². The molecule has 0 saturated carbocycles. The Bertz CT molecular complexity index is 302. The van der Waals surface area contributed by atoms with Gasteiger partial charge >= 0.3 is 0 Å². The predicted molar refractivity (Wildman–Crippen MR) is 61.7 cm³/mol. The summed E-state index contributed by atoms with van der Waals surface area (Å²) in [6.45, 7) is 7.41. The van der Waals surface area contributed by atoms with Gasteiger partial charge in [0.1, 0.15) is 5.82 Å². The molecule has 4 heteroatoms. The number of nitrogens with one attached hydrogen (secondary N) is 1. The first-order valence-electron chi connectivity index (χ1n) is 5.58. The Morgan fingerprint density at radius 2 is 2.19 bits per heavy atom. The lowest BCUT2D eigenvalue weighted by Gasteiger charge is -2.19. The molecule has 2 atom stereocenters. The van der Waals surface area contributed by atoms with Crippen LogP contribution in [0, 0.1) is 5.82 Å². The van der Waals surface area contributed by atoms with Crippen molar-refractivity contribution in [2.24, 2.45) is 0 Å². The van der Waals surface area contributed by atoms with E-state index in [0.717, 1.165) is 12.3 Å². The summed E-state index contributed by atoms with van der Waals surface area (Å²) in [7, 11) is 0. The molecule has 0 spiro atoms. The van der Waals surface area contributed by atoms with Crippen molar-refractivity contribution in [3.8, 4) is 0 Å². The number of nitrogens with zero attached hydrogens (tertiary/aromatic N) is 1. The lowest BCUT2D eigenvalue weighted by Crippen LogP contribution is -2.33. The fourth-order valence-corrected chi connectivity index (χ4v) is 1.50. The van der Waals surface area contributed by atoms with Gasteiger partial charge in [-0.15, -0.1) is 0 Å². The quantitative estimate of drug-likeness (QED) is 0.808. The van der Waals surface area contributed by atoms with Gasteiger partial charge in [-0.3, -0.25) is 4.98 Å². The largest absolute Gasteiger partial charge is 0.380 e. The summed E-state index contributed by atoms with van der Waals surface area (Å²) in [5.74, 6) is -0.307. The summed E-state index contributed by atoms with van der Waals surface area (Å²) >= 11 is 0. The monoisotopic (exact) mass is 226 g/mol. The van der Waals surface area contributed by atoms with Crippen molar-refractivity contribution in [3.05, 3.63) is 29.8 Å². The highest BCUT2D eigenvalue weighted by Crippen LogP contribution is 2.10. The number of hydrogen-bond donors (Lipinski definition) is 1. The summed E-state index contributed by atoms with van der Waals surface area (Å²) in [6.07, 6.45) is 1.24. The molecule has 3 nitrogen and oxygen atoms in total. The van der Waals surface area contributed by atoms with E-state index in [4.69, 9.17) is 4.74 Å². The third-order valence-corrected chi connectivity index (χ3v) is 2.30. The van der Waals surface area contributed by atoms with E-state index >= 15 is 0 Å². The summed E-state index contributed by atoms with van der Waals surface area (Å²) in [6, 6.07) is 3.46. The van der Waals surface area contributed by atoms with Crippen molar-refractivity contribution in [3.63, 3.8) is 0 Å². The average molecular weight is 226 g/mol. The SMILES string of the molecule is CCOCC(C)NC(C)c1ccc(F)cn1. The van der Waals surface area contributed by atoms with E-state index in [0.29, 0.717) is 6.61 Å². The molecule has 0 saturated heterocycles. The first-order valence-corrected chi connectivity index (χ1v) is 5.58. The lowest BCUT2D eigenvalue weighted by atomic mass is 10.2. The molecule has 0 radical (unpaired) electrons. The third kappa shape index (κ3) is 4.24. The molecule has 16 heavy (non-hydrogen) atoms. The van der Waals surface area contributed by atoms with Crippen LogP contribution in [-0.4, -0.2) is 24.2 Å². The molecule has 2 unspecified atom stereocenters. The van der Waals surface area contributed by atoms with Gasteiger partial charge in [-0.1, -0.05) is 0 Å². The molecule has 0 aliphatic heterocycles. The van der Waals surface area contributed by atoms with Crippen LogP contribution < -0.4 is 5.32 Å². The van der Waals surface area contributed by atoms with E-state index in [9.17, 15) is 4.39 Å². The van der Waals surface area contributed by atoms with Gasteiger partial charge in [0.15, 0.2) is 0 Å². The van der Waals surface area contributed by atoms with Crippen LogP contribution in [0.4, 0.5) is 4.39 Å². The smallest absolute Gasteiger partial charge is 0.141 e. The van der Waals surface area contributed by atoms with Crippen molar-refractivity contribution < 1.29 is 9.13 Å². The molecule has 1 aromatic heterocycles. The molecule has 1 rings (SSSR count). The first-order chi connectivity index (χ1) is 7.63. The second-order valence-corrected chi connectivity index (χ2v) is 3.85. The molecule has 0 bridgehead atoms. The maximum atomic E-state index is 12.7. The molecule has 0 amide bonds. The van der Waals surface area contributed by atoms with Crippen molar-refractivity contribution in [2.75, 3.05) is 13.2 Å². The maximum Gasteiger partial charge on any atom is 0.141 e. The Kier molecular flexibility index (Phi) is 5.35. The van der Waals surface area contributed by atoms with Gasteiger partial charge < -0.3 is 10.1 Å². The van der Waals surface area contributed by atoms with Gasteiger partial charge in [0.25, 0.3) is 0 Å². The summed E-state index contributed by atoms with van der Waals surface area (Å²) in [5.41, 5.74) is 0.838. The normalized spacial score (nSPS) is 14.8. The van der Waals surface area contributed by atoms with Crippen LogP contribution in [0.15, 0.2) is 18.3 Å². The van der Waals surface area contributed by atoms with Crippen LogP contribution in [-0.2, 0) is 4.74 Å². The van der Waals surface area contributed by atoms with Crippen molar-refractivity contribution in [1.29, 1.82) is 0 Å². The summed E-state index contributed by atoms with van der Waals surface area (Å²) in [5, 5.41) is 3.34. The highest BCUT2D eigenvalue weighted by molar-refractivity contribution is 5.09. The van der Waals surface area contributed by atoms with E-state index in [1.807, 2.05) is 13.8 Å². The minimum atomic E-state index is -0.307. The Balaban J connectivity index is 2.45. The van der Waals surface area contributed by atoms with Gasteiger partial charge in [0, 0.05) is 18.7 Å². The van der Waals surface area contributed by atoms with Gasteiger partial charge in [-0.2, -0.15) is 0 Å². The molecule has 0 aliphatic rings. The van der Waals surface area contributed by atoms with Crippen LogP contribution in [0.25, 0.3) is 0 Å². The van der Waals surface area contributed by atoms with Gasteiger partial charge in [0.2, 0.25) is 0 Å². The maximum absolute atomic E-state index is 12.7. The number of aromatic nitrogens is 1. The van der Waals surface area contributed by atoms with E-state index < -0.39 is 0 Å². The molecular weight excluding hydrogens is 207 g/mol. The molecule has 0 fully saturated rings. The predicted octanol–water partition coefficient (Wildman–Crippen LogP) is 2.30. The van der Waals surface area contributed by atoms with E-state index in [1.54, 1.807) is 6.07 Å². The minimum Gasteiger partial charge on any atom is -0.380 e. The Morgan fingerprint density at radius 1 is 1.44 bits per heavy atom. The second-order valence-electron chi connectivity index (χ2n) is 3.85. The van der Waals surface area contributed by atoms with Crippen molar-refractivity contribution in [2.45, 2.75) is 32.9 Å². The van der Waals surface area contributed by atoms with Crippen LogP contribution in [0.5, 0.6) is 0 Å². The highest BCUT2D eigenvalue weighted by atomic mass is 19.1. The Morgan fingerprint density at radius 3 is 2.75 bits per heavy atom. The highest BCUT2D eigenvalue weighted by Gasteiger charge is 2.10. The molecule has 0 aliphatic carbocycles. The number of rotatable bonds is 6. The standard InChI is InChI=1S/C12H19FN2O/c1-4-16-8-9(2)15-10(3)12-6-5-11(13)7-14-12/h5-7,9-10,15H,4,8H2,1-3H3. The minimum absolute atomic E-state index is 0.0936. The number of halogens is 1. The van der Waals surface area contributed by atoms with Crippen LogP contribution in [0.2, 0.25) is 0 Å². The van der Waals surface area contributed by atoms with Gasteiger partial charge in [0.05, 0.1) is 18.5 Å². The van der Waals surface area contributed by atoms with Crippen LogP contribution >= 0.6 is 0 Å². The zero-order valence-electron chi connectivity index (χ0n) is 10.0. The molecule has 1 heterocycles. The van der Waals surface area contributed by atoms with Crippen molar-refractivity contribution in [1.82, 2.24) is 10.3 Å². The van der Waals surface area contributed by atoms with E-state index in [1.165, 1.54) is 12.3 Å². The average Bonchev–Trinajstić information content (AvgIpc) is 2.27. The number of ether oxygens (including phenoxy) is 1. The zero-order valence-corrected chi connectivity index (χ0v) is 10.0. The van der Waals surface area contributed by atoms with Gasteiger partial charge in [-0.05, 0) is 32.9 Å². The summed E-state index contributed by atoms with van der Waals surface area (Å²) in [4.78, 5) is 4.03. The van der Waals surface area contributed by atoms with Gasteiger partial charge in [-0.25, -0.2) is 4.39 Å².